The number of aryl methyl sites for hydroxylation is 2. The van der Waals surface area contributed by atoms with Crippen LogP contribution in [0.25, 0.3) is 0 Å². The molecule has 1 aliphatic carbocycles. The normalized spacial score (nSPS) is 20.0. The Morgan fingerprint density at radius 3 is 2.79 bits per heavy atom. The third-order valence-electron chi connectivity index (χ3n) is 2.58. The lowest BCUT2D eigenvalue weighted by atomic mass is 10.1. The second-order valence-corrected chi connectivity index (χ2v) is 3.93. The predicted octanol–water partition coefficient (Wildman–Crippen LogP) is 3.40. The number of hydrogen-bond acceptors (Lipinski definition) is 1. The molecule has 0 spiro atoms. The van der Waals surface area contributed by atoms with Crippen molar-refractivity contribution in [3.63, 3.8) is 0 Å². The van der Waals surface area contributed by atoms with Crippen LogP contribution in [0.4, 0.5) is 0 Å². The molecular weight excluding hydrogens is 172 g/mol. The number of rotatable bonds is 2. The Labute approximate surface area is 85.4 Å². The van der Waals surface area contributed by atoms with Crippen molar-refractivity contribution in [1.29, 1.82) is 0 Å². The van der Waals surface area contributed by atoms with Crippen LogP contribution in [-0.2, 0) is 0 Å². The van der Waals surface area contributed by atoms with E-state index in [9.17, 15) is 0 Å². The van der Waals surface area contributed by atoms with Crippen molar-refractivity contribution in [1.82, 2.24) is 0 Å². The minimum absolute atomic E-state index is 0.288. The molecule has 0 fully saturated rings. The fourth-order valence-corrected chi connectivity index (χ4v) is 1.80. The van der Waals surface area contributed by atoms with Crippen molar-refractivity contribution in [3.8, 4) is 5.75 Å². The van der Waals surface area contributed by atoms with E-state index in [2.05, 4.69) is 44.2 Å². The summed E-state index contributed by atoms with van der Waals surface area (Å²) in [4.78, 5) is 0. The van der Waals surface area contributed by atoms with Gasteiger partial charge in [0.15, 0.2) is 0 Å². The van der Waals surface area contributed by atoms with Gasteiger partial charge < -0.3 is 4.74 Å². The molecule has 0 aromatic heterocycles. The van der Waals surface area contributed by atoms with Crippen molar-refractivity contribution in [2.45, 2.75) is 32.8 Å². The molecule has 0 N–H and O–H groups in total. The van der Waals surface area contributed by atoms with Crippen LogP contribution in [0.3, 0.4) is 0 Å². The first-order valence-corrected chi connectivity index (χ1v) is 5.16. The summed E-state index contributed by atoms with van der Waals surface area (Å²) in [7, 11) is 0. The molecule has 0 saturated heterocycles. The summed E-state index contributed by atoms with van der Waals surface area (Å²) in [6.45, 7) is 4.20. The molecule has 1 aliphatic rings. The number of ether oxygens (including phenoxy) is 1. The zero-order chi connectivity index (χ0) is 9.97. The van der Waals surface area contributed by atoms with E-state index in [1.165, 1.54) is 11.1 Å². The van der Waals surface area contributed by atoms with Crippen LogP contribution >= 0.6 is 0 Å². The Hall–Kier alpha value is -1.24. The molecule has 0 aliphatic heterocycles. The first kappa shape index (κ1) is 9.32. The van der Waals surface area contributed by atoms with Gasteiger partial charge in [0.05, 0.1) is 0 Å². The molecule has 14 heavy (non-hydrogen) atoms. The van der Waals surface area contributed by atoms with Crippen molar-refractivity contribution in [2.24, 2.45) is 0 Å². The van der Waals surface area contributed by atoms with Crippen molar-refractivity contribution >= 4 is 0 Å². The average molecular weight is 188 g/mol. The first-order chi connectivity index (χ1) is 6.75. The van der Waals surface area contributed by atoms with E-state index in [4.69, 9.17) is 4.74 Å². The highest BCUT2D eigenvalue weighted by atomic mass is 16.5. The fourth-order valence-electron chi connectivity index (χ4n) is 1.80. The van der Waals surface area contributed by atoms with Crippen LogP contribution in [-0.4, -0.2) is 6.10 Å². The van der Waals surface area contributed by atoms with E-state index in [0.29, 0.717) is 0 Å². The first-order valence-electron chi connectivity index (χ1n) is 5.16. The Bertz CT molecular complexity index is 352. The van der Waals surface area contributed by atoms with Crippen LogP contribution in [0.15, 0.2) is 30.4 Å². The molecule has 0 saturated carbocycles. The third-order valence-corrected chi connectivity index (χ3v) is 2.58. The molecule has 0 amide bonds. The molecule has 1 heteroatoms. The number of benzene rings is 1. The van der Waals surface area contributed by atoms with Gasteiger partial charge in [0.1, 0.15) is 11.9 Å². The summed E-state index contributed by atoms with van der Waals surface area (Å²) in [5.74, 6) is 1.02. The molecule has 0 bridgehead atoms. The quantitative estimate of drug-likeness (QED) is 0.646. The Kier molecular flexibility index (Phi) is 2.58. The Morgan fingerprint density at radius 2 is 2.14 bits per heavy atom. The maximum atomic E-state index is 5.87. The molecular formula is C13H16O. The van der Waals surface area contributed by atoms with Gasteiger partial charge in [0.25, 0.3) is 0 Å². The van der Waals surface area contributed by atoms with Gasteiger partial charge in [-0.1, -0.05) is 23.8 Å². The van der Waals surface area contributed by atoms with Crippen molar-refractivity contribution in [3.05, 3.63) is 41.5 Å². The van der Waals surface area contributed by atoms with Crippen LogP contribution in [0.5, 0.6) is 5.75 Å². The standard InChI is InChI=1S/C13H16O/c1-10-7-8-13(11(2)9-10)14-12-5-3-4-6-12/h3,5,7-9,12H,4,6H2,1-2H3/t12-/m1/s1. The summed E-state index contributed by atoms with van der Waals surface area (Å²) in [5, 5.41) is 0. The zero-order valence-corrected chi connectivity index (χ0v) is 8.79. The van der Waals surface area contributed by atoms with E-state index in [1.54, 1.807) is 0 Å². The van der Waals surface area contributed by atoms with Crippen LogP contribution in [0.2, 0.25) is 0 Å². The lowest BCUT2D eigenvalue weighted by molar-refractivity contribution is 0.247. The van der Waals surface area contributed by atoms with E-state index in [1.807, 2.05) is 0 Å². The molecule has 0 heterocycles. The van der Waals surface area contributed by atoms with Crippen LogP contribution in [0.1, 0.15) is 24.0 Å². The maximum Gasteiger partial charge on any atom is 0.123 e. The number of hydrogen-bond donors (Lipinski definition) is 0. The van der Waals surface area contributed by atoms with Gasteiger partial charge in [0, 0.05) is 0 Å². The minimum Gasteiger partial charge on any atom is -0.486 e. The Morgan fingerprint density at radius 1 is 1.29 bits per heavy atom. The van der Waals surface area contributed by atoms with Gasteiger partial charge in [-0.15, -0.1) is 0 Å². The van der Waals surface area contributed by atoms with Gasteiger partial charge in [-0.3, -0.25) is 0 Å². The molecule has 1 aromatic rings. The maximum absolute atomic E-state index is 5.87. The summed E-state index contributed by atoms with van der Waals surface area (Å²) in [5.41, 5.74) is 2.52. The average Bonchev–Trinajstić information content (AvgIpc) is 2.62. The summed E-state index contributed by atoms with van der Waals surface area (Å²) in [6, 6.07) is 6.33. The van der Waals surface area contributed by atoms with E-state index < -0.39 is 0 Å². The largest absolute Gasteiger partial charge is 0.486 e. The summed E-state index contributed by atoms with van der Waals surface area (Å²) >= 11 is 0. The van der Waals surface area contributed by atoms with Crippen molar-refractivity contribution < 1.29 is 4.74 Å². The number of allylic oxidation sites excluding steroid dienone is 1. The molecule has 2 rings (SSSR count). The monoisotopic (exact) mass is 188 g/mol. The SMILES string of the molecule is Cc1ccc(O[C@@H]2C=CCC2)c(C)c1. The predicted molar refractivity (Wildman–Crippen MR) is 58.7 cm³/mol. The summed E-state index contributed by atoms with van der Waals surface area (Å²) < 4.78 is 5.87. The third kappa shape index (κ3) is 1.98. The minimum atomic E-state index is 0.288. The topological polar surface area (TPSA) is 9.23 Å². The molecule has 1 aromatic carbocycles. The van der Waals surface area contributed by atoms with Crippen LogP contribution in [0, 0.1) is 13.8 Å². The lowest BCUT2D eigenvalue weighted by Crippen LogP contribution is -2.10. The zero-order valence-electron chi connectivity index (χ0n) is 8.79. The highest BCUT2D eigenvalue weighted by Crippen LogP contribution is 2.23. The van der Waals surface area contributed by atoms with E-state index >= 15 is 0 Å². The molecule has 0 unspecified atom stereocenters. The van der Waals surface area contributed by atoms with Gasteiger partial charge >= 0.3 is 0 Å². The smallest absolute Gasteiger partial charge is 0.123 e. The van der Waals surface area contributed by atoms with Crippen molar-refractivity contribution in [2.75, 3.05) is 0 Å². The van der Waals surface area contributed by atoms with E-state index in [-0.39, 0.29) is 6.10 Å². The van der Waals surface area contributed by atoms with Gasteiger partial charge in [0.2, 0.25) is 0 Å². The molecule has 1 nitrogen and oxygen atoms in total. The van der Waals surface area contributed by atoms with Gasteiger partial charge in [-0.05, 0) is 44.4 Å². The lowest BCUT2D eigenvalue weighted by Gasteiger charge is -2.14. The summed E-state index contributed by atoms with van der Waals surface area (Å²) in [6.07, 6.45) is 6.90. The second-order valence-electron chi connectivity index (χ2n) is 3.93. The van der Waals surface area contributed by atoms with E-state index in [0.717, 1.165) is 18.6 Å². The molecule has 0 radical (unpaired) electrons. The van der Waals surface area contributed by atoms with Crippen LogP contribution < -0.4 is 4.74 Å². The second kappa shape index (κ2) is 3.87. The molecule has 74 valence electrons. The van der Waals surface area contributed by atoms with Gasteiger partial charge in [-0.25, -0.2) is 0 Å². The fraction of sp³-hybridized carbons (Fsp3) is 0.385. The molecule has 1 atom stereocenters. The highest BCUT2D eigenvalue weighted by Gasteiger charge is 2.11. The Balaban J connectivity index is 2.12. The highest BCUT2D eigenvalue weighted by molar-refractivity contribution is 5.36. The van der Waals surface area contributed by atoms with Gasteiger partial charge in [-0.2, -0.15) is 0 Å².